The molecule has 3 aliphatic carbocycles. The van der Waals surface area contributed by atoms with E-state index in [-0.39, 0.29) is 11.8 Å². The van der Waals surface area contributed by atoms with Crippen molar-refractivity contribution < 1.29 is 54.2 Å². The number of hydrogen-bond acceptors (Lipinski definition) is 3. The van der Waals surface area contributed by atoms with E-state index in [1.807, 2.05) is 6.07 Å². The number of fused-ring (bicyclic) bond motifs is 5. The predicted octanol–water partition coefficient (Wildman–Crippen LogP) is 11.6. The fraction of sp³-hybridized carbons (Fsp3) is 0.757. The largest absolute Gasteiger partial charge is 0.508 e. The summed E-state index contributed by atoms with van der Waals surface area (Å²) in [5.74, 6) is -19.2. The Labute approximate surface area is 283 Å². The number of allylic oxidation sites excluding steroid dienone is 1. The lowest BCUT2D eigenvalue weighted by Gasteiger charge is -2.52. The fourth-order valence-corrected chi connectivity index (χ4v) is 9.12. The number of ether oxygens (including phenoxy) is 1. The molecule has 0 bridgehead atoms. The zero-order valence-corrected chi connectivity index (χ0v) is 28.3. The lowest BCUT2D eigenvalue weighted by atomic mass is 9.52. The van der Waals surface area contributed by atoms with Crippen LogP contribution in [0.3, 0.4) is 0 Å². The number of aromatic hydroxyl groups is 1. The molecular weight excluding hydrogens is 663 g/mol. The van der Waals surface area contributed by atoms with Crippen molar-refractivity contribution in [1.29, 1.82) is 0 Å². The number of unbranched alkanes of at least 4 members (excludes halogenated alkanes) is 6. The predicted molar refractivity (Wildman–Crippen MR) is 168 cm³/mol. The van der Waals surface area contributed by atoms with Crippen molar-refractivity contribution in [3.8, 4) is 5.75 Å². The molecule has 6 atom stereocenters. The maximum absolute atomic E-state index is 14.0. The number of alkyl halides is 9. The first-order chi connectivity index (χ1) is 22.8. The summed E-state index contributed by atoms with van der Waals surface area (Å²) < 4.78 is 124. The zero-order chi connectivity index (χ0) is 36.4. The van der Waals surface area contributed by atoms with Crippen LogP contribution in [0.5, 0.6) is 5.75 Å². The van der Waals surface area contributed by atoms with Gasteiger partial charge in [0.1, 0.15) is 5.75 Å². The second-order valence-electron chi connectivity index (χ2n) is 14.9. The minimum absolute atomic E-state index is 0.0439. The monoisotopic (exact) mass is 712 g/mol. The molecule has 49 heavy (non-hydrogen) atoms. The molecular formula is C37H49F9O3. The van der Waals surface area contributed by atoms with Crippen molar-refractivity contribution >= 4 is 5.97 Å². The lowest BCUT2D eigenvalue weighted by molar-refractivity contribution is -0.396. The number of phenolic OH excluding ortho intramolecular Hbond substituents is 1. The number of carbonyl (C=O) groups excluding carboxylic acids is 1. The topological polar surface area (TPSA) is 46.5 Å². The average molecular weight is 713 g/mol. The molecule has 1 aromatic rings. The van der Waals surface area contributed by atoms with Gasteiger partial charge in [-0.2, -0.15) is 39.5 Å². The summed E-state index contributed by atoms with van der Waals surface area (Å²) in [4.78, 5) is 12.1. The van der Waals surface area contributed by atoms with Crippen molar-refractivity contribution in [2.24, 2.45) is 29.1 Å². The molecule has 2 fully saturated rings. The highest BCUT2D eigenvalue weighted by Crippen LogP contribution is 2.64. The highest BCUT2D eigenvalue weighted by Gasteiger charge is 2.81. The third-order valence-corrected chi connectivity index (χ3v) is 12.0. The van der Waals surface area contributed by atoms with Gasteiger partial charge in [-0.3, -0.25) is 4.79 Å². The summed E-state index contributed by atoms with van der Waals surface area (Å²) in [6.45, 7) is 6.84. The number of rotatable bonds is 16. The Morgan fingerprint density at radius 3 is 2.20 bits per heavy atom. The Bertz CT molecular complexity index is 1310. The van der Waals surface area contributed by atoms with Crippen molar-refractivity contribution in [2.45, 2.75) is 140 Å². The zero-order valence-electron chi connectivity index (χ0n) is 28.3. The minimum atomic E-state index is -6.94. The smallest absolute Gasteiger partial charge is 0.460 e. The second-order valence-corrected chi connectivity index (χ2v) is 14.9. The summed E-state index contributed by atoms with van der Waals surface area (Å²) in [7, 11) is 0.952. The maximum Gasteiger partial charge on any atom is 0.460 e. The fourth-order valence-electron chi connectivity index (χ4n) is 9.12. The molecule has 0 saturated heterocycles. The third-order valence-electron chi connectivity index (χ3n) is 12.0. The maximum atomic E-state index is 14.0. The Balaban J connectivity index is 1.21. The third kappa shape index (κ3) is 7.92. The van der Waals surface area contributed by atoms with E-state index < -0.39 is 48.7 Å². The Morgan fingerprint density at radius 2 is 1.57 bits per heavy atom. The van der Waals surface area contributed by atoms with E-state index in [1.165, 1.54) is 23.1 Å². The summed E-state index contributed by atoms with van der Waals surface area (Å²) in [6.07, 6.45) is 2.26. The Kier molecular flexibility index (Phi) is 12.1. The molecule has 1 aromatic carbocycles. The molecule has 278 valence electrons. The van der Waals surface area contributed by atoms with Crippen LogP contribution in [0.1, 0.15) is 120 Å². The van der Waals surface area contributed by atoms with Crippen LogP contribution in [0.25, 0.3) is 0 Å². The number of esters is 1. The molecule has 0 amide bonds. The van der Waals surface area contributed by atoms with Gasteiger partial charge in [-0.15, -0.1) is 0 Å². The Morgan fingerprint density at radius 1 is 0.939 bits per heavy atom. The normalized spacial score (nSPS) is 26.6. The molecule has 3 nitrogen and oxygen atoms in total. The van der Waals surface area contributed by atoms with Crippen LogP contribution in [0, 0.1) is 29.1 Å². The van der Waals surface area contributed by atoms with Crippen LogP contribution in [-0.2, 0) is 16.0 Å². The van der Waals surface area contributed by atoms with E-state index in [9.17, 15) is 49.4 Å². The van der Waals surface area contributed by atoms with Gasteiger partial charge in [0, 0.05) is 6.42 Å². The standard InChI is InChI=1S/C37H49F9O3/c1-23-13-16-30-31-25(21-26-22-27(47)14-15-28(26)29(31)18-19-33(23,30)2)12-10-8-6-4-5-7-9-11-24(32(48)49-3)17-20-34(38,39)35(40,41)36(42,43)37(44,45)46/h14-15,22,24-25,29-31,47H,1,4-13,16-21H2,2-3H3. The molecule has 0 heterocycles. The van der Waals surface area contributed by atoms with Gasteiger partial charge in [-0.1, -0.05) is 70.1 Å². The van der Waals surface area contributed by atoms with Gasteiger partial charge in [0.15, 0.2) is 0 Å². The van der Waals surface area contributed by atoms with Crippen LogP contribution in [0.2, 0.25) is 0 Å². The molecule has 0 aliphatic heterocycles. The molecule has 3 aliphatic rings. The van der Waals surface area contributed by atoms with Gasteiger partial charge < -0.3 is 9.84 Å². The summed E-state index contributed by atoms with van der Waals surface area (Å²) in [6, 6.07) is 5.85. The quantitative estimate of drug-likeness (QED) is 0.0803. The number of halogens is 9. The van der Waals surface area contributed by atoms with Crippen molar-refractivity contribution in [3.05, 3.63) is 41.5 Å². The molecule has 1 N–H and O–H groups in total. The van der Waals surface area contributed by atoms with Gasteiger partial charge in [0.25, 0.3) is 0 Å². The highest BCUT2D eigenvalue weighted by atomic mass is 19.4. The van der Waals surface area contributed by atoms with E-state index in [4.69, 9.17) is 0 Å². The van der Waals surface area contributed by atoms with Gasteiger partial charge in [0.05, 0.1) is 13.0 Å². The molecule has 0 spiro atoms. The van der Waals surface area contributed by atoms with E-state index >= 15 is 0 Å². The van der Waals surface area contributed by atoms with Gasteiger partial charge in [-0.05, 0) is 104 Å². The molecule has 2 saturated carbocycles. The number of benzene rings is 1. The second kappa shape index (κ2) is 15.1. The van der Waals surface area contributed by atoms with Crippen molar-refractivity contribution in [1.82, 2.24) is 0 Å². The number of hydrogen-bond donors (Lipinski definition) is 1. The van der Waals surface area contributed by atoms with Crippen LogP contribution in [0.4, 0.5) is 39.5 Å². The lowest BCUT2D eigenvalue weighted by Crippen LogP contribution is -2.60. The van der Waals surface area contributed by atoms with E-state index in [2.05, 4.69) is 24.3 Å². The first-order valence-electron chi connectivity index (χ1n) is 17.6. The van der Waals surface area contributed by atoms with E-state index in [1.54, 1.807) is 6.07 Å². The van der Waals surface area contributed by atoms with Gasteiger partial charge in [-0.25, -0.2) is 0 Å². The minimum Gasteiger partial charge on any atom is -0.508 e. The molecule has 12 heteroatoms. The van der Waals surface area contributed by atoms with Crippen molar-refractivity contribution in [2.75, 3.05) is 7.11 Å². The van der Waals surface area contributed by atoms with Crippen LogP contribution in [-0.4, -0.2) is 42.1 Å². The number of phenols is 1. The number of methoxy groups -OCH3 is 1. The molecule has 6 unspecified atom stereocenters. The van der Waals surface area contributed by atoms with Crippen LogP contribution < -0.4 is 0 Å². The van der Waals surface area contributed by atoms with E-state index in [0.717, 1.165) is 71.3 Å². The number of carbonyl (C=O) groups is 1. The van der Waals surface area contributed by atoms with Crippen LogP contribution in [0.15, 0.2) is 30.4 Å². The summed E-state index contributed by atoms with van der Waals surface area (Å²) in [5.41, 5.74) is 4.22. The first kappa shape index (κ1) is 39.4. The highest BCUT2D eigenvalue weighted by molar-refractivity contribution is 5.72. The van der Waals surface area contributed by atoms with Gasteiger partial charge >= 0.3 is 29.9 Å². The Hall–Kier alpha value is -2.40. The first-order valence-corrected chi connectivity index (χ1v) is 17.6. The van der Waals surface area contributed by atoms with Gasteiger partial charge in [0.2, 0.25) is 0 Å². The molecule has 0 radical (unpaired) electrons. The van der Waals surface area contributed by atoms with Crippen molar-refractivity contribution in [3.63, 3.8) is 0 Å². The summed E-state index contributed by atoms with van der Waals surface area (Å²) >= 11 is 0. The van der Waals surface area contributed by atoms with E-state index in [0.29, 0.717) is 42.3 Å². The average Bonchev–Trinajstić information content (AvgIpc) is 3.33. The molecule has 4 rings (SSSR count). The summed E-state index contributed by atoms with van der Waals surface area (Å²) in [5, 5.41) is 10.2. The SMILES string of the molecule is C=C1CCC2C3C(CCCCCCCCCC(CCC(F)(F)C(F)(F)C(F)(F)C(F)(F)F)C(=O)OC)Cc4cc(O)ccc4C3CCC12C. The van der Waals surface area contributed by atoms with Crippen LogP contribution >= 0.6 is 0 Å². The molecule has 0 aromatic heterocycles.